The predicted octanol–water partition coefficient (Wildman–Crippen LogP) is 4.99. The van der Waals surface area contributed by atoms with Gasteiger partial charge in [-0.15, -0.1) is 0 Å². The van der Waals surface area contributed by atoms with Crippen molar-refractivity contribution in [1.82, 2.24) is 49.1 Å². The van der Waals surface area contributed by atoms with E-state index in [0.29, 0.717) is 61.2 Å². The lowest BCUT2D eigenvalue weighted by molar-refractivity contribution is -0.132. The standard InChI is InChI=1S/C27H31N7O3.C24H29N7O2.C3H3ClO/c1-3-24(36)33-17-20(18-33)10-11-34-25(37)9-4-21-16-28-27(30-26(21)34)29-22-5-7-23(8-6-22)32-14-12-31(13-15-32)19(2)35;1-17(32)29-10-12-30(13-11-29)21-5-3-20(4-6-21)27-24-26-16-19-2-7-22(33)31(23(19)28-24)9-8-18-14-25-15-18;1-2-3(4)5/h3-9,16,20H,1,10-15,17-18H2,2H3,(H,28,29,30);2-7,16,18,25H,8-15H2,1H3,(H,26,27,28);2H,1H2. The minimum atomic E-state index is -0.509. The number of aromatic nitrogens is 6. The number of nitrogens with zero attached hydrogens (tertiary/aromatic N) is 11. The first-order valence-corrected chi connectivity index (χ1v) is 25.5. The van der Waals surface area contributed by atoms with Gasteiger partial charge in [0.05, 0.1) is 0 Å². The first kappa shape index (κ1) is 53.3. The van der Waals surface area contributed by atoms with Crippen molar-refractivity contribution in [3.05, 3.63) is 131 Å². The molecule has 4 saturated heterocycles. The Hall–Kier alpha value is -7.97. The van der Waals surface area contributed by atoms with Crippen LogP contribution in [0.15, 0.2) is 120 Å². The lowest BCUT2D eigenvalue weighted by atomic mass is 9.96. The average Bonchev–Trinajstić information content (AvgIpc) is 3.39. The third-order valence-electron chi connectivity index (χ3n) is 13.9. The highest BCUT2D eigenvalue weighted by atomic mass is 35.5. The zero-order valence-corrected chi connectivity index (χ0v) is 43.1. The predicted molar refractivity (Wildman–Crippen MR) is 293 cm³/mol. The van der Waals surface area contributed by atoms with E-state index < -0.39 is 5.24 Å². The average molecular weight is 1040 g/mol. The van der Waals surface area contributed by atoms with Crippen LogP contribution in [-0.4, -0.2) is 145 Å². The summed E-state index contributed by atoms with van der Waals surface area (Å²) in [5.74, 6) is 2.07. The van der Waals surface area contributed by atoms with Crippen molar-refractivity contribution in [2.75, 3.05) is 99.0 Å². The van der Waals surface area contributed by atoms with E-state index in [2.05, 4.69) is 71.0 Å². The fourth-order valence-electron chi connectivity index (χ4n) is 9.26. The number of hydrogen-bond acceptors (Lipinski definition) is 15. The normalized spacial score (nSPS) is 15.6. The number of carbonyl (C=O) groups is 4. The molecule has 0 radical (unpaired) electrons. The maximum Gasteiger partial charge on any atom is 0.252 e. The van der Waals surface area contributed by atoms with Crippen molar-refractivity contribution < 1.29 is 19.2 Å². The van der Waals surface area contributed by atoms with Gasteiger partial charge in [-0.3, -0.25) is 37.9 Å². The lowest BCUT2D eigenvalue weighted by Crippen LogP contribution is -2.49. The van der Waals surface area contributed by atoms with Crippen LogP contribution in [0, 0.1) is 11.8 Å². The van der Waals surface area contributed by atoms with Crippen molar-refractivity contribution in [3.63, 3.8) is 0 Å². The van der Waals surface area contributed by atoms with E-state index in [-0.39, 0.29) is 28.8 Å². The van der Waals surface area contributed by atoms with Gasteiger partial charge in [-0.2, -0.15) is 9.97 Å². The molecule has 0 aliphatic carbocycles. The van der Waals surface area contributed by atoms with Gasteiger partial charge >= 0.3 is 0 Å². The zero-order chi connectivity index (χ0) is 53.0. The number of carbonyl (C=O) groups excluding carboxylic acids is 4. The first-order valence-electron chi connectivity index (χ1n) is 25.2. The summed E-state index contributed by atoms with van der Waals surface area (Å²) in [4.78, 5) is 97.7. The second-order valence-electron chi connectivity index (χ2n) is 18.8. The Morgan fingerprint density at radius 3 is 1.37 bits per heavy atom. The Bertz CT molecular complexity index is 3140. The van der Waals surface area contributed by atoms with E-state index in [0.717, 1.165) is 118 Å². The van der Waals surface area contributed by atoms with Gasteiger partial charge in [0.15, 0.2) is 0 Å². The number of pyridine rings is 2. The number of anilines is 6. The van der Waals surface area contributed by atoms with E-state index in [1.54, 1.807) is 64.5 Å². The minimum Gasteiger partial charge on any atom is -0.368 e. The van der Waals surface area contributed by atoms with Gasteiger partial charge in [-0.05, 0) is 122 Å². The van der Waals surface area contributed by atoms with Crippen LogP contribution >= 0.6 is 11.6 Å². The molecule has 3 amide bonds. The lowest BCUT2D eigenvalue weighted by Gasteiger charge is -2.38. The Balaban J connectivity index is 0.000000184. The maximum absolute atomic E-state index is 12.7. The SMILES string of the molecule is C=CC(=O)Cl.C=CC(=O)N1CC(CCn2c(=O)ccc3cnc(Nc4ccc(N5CCN(C(C)=O)CC5)cc4)nc32)C1.CC(=O)N1CCN(c2ccc(Nc3ncc4ccc(=O)n(CCC5CNC5)c4n3)cc2)CC1. The molecule has 4 fully saturated rings. The number of hydrogen-bond donors (Lipinski definition) is 3. The molecule has 2 aromatic carbocycles. The molecule has 0 spiro atoms. The van der Waals surface area contributed by atoms with Crippen molar-refractivity contribution >= 4 is 91.3 Å². The van der Waals surface area contributed by atoms with E-state index in [9.17, 15) is 28.8 Å². The number of piperazine rings is 2. The molecule has 0 bridgehead atoms. The maximum atomic E-state index is 12.7. The van der Waals surface area contributed by atoms with Gasteiger partial charge in [0, 0.05) is 150 Å². The third-order valence-corrected chi connectivity index (χ3v) is 14.0. The van der Waals surface area contributed by atoms with Gasteiger partial charge in [0.2, 0.25) is 34.9 Å². The Morgan fingerprint density at radius 2 is 1.01 bits per heavy atom. The summed E-state index contributed by atoms with van der Waals surface area (Å²) in [7, 11) is 0. The van der Waals surface area contributed by atoms with Crippen molar-refractivity contribution in [2.45, 2.75) is 39.8 Å². The zero-order valence-electron chi connectivity index (χ0n) is 42.4. The van der Waals surface area contributed by atoms with Gasteiger partial charge < -0.3 is 40.4 Å². The highest BCUT2D eigenvalue weighted by Gasteiger charge is 2.29. The Kier molecular flexibility index (Phi) is 17.7. The van der Waals surface area contributed by atoms with Crippen molar-refractivity contribution in [2.24, 2.45) is 11.8 Å². The molecule has 0 saturated carbocycles. The summed E-state index contributed by atoms with van der Waals surface area (Å²) in [6.07, 6.45) is 7.60. The molecule has 0 atom stereocenters. The van der Waals surface area contributed by atoms with E-state index >= 15 is 0 Å². The molecule has 10 rings (SSSR count). The number of rotatable bonds is 14. The number of amides is 3. The molecular weight excluding hydrogens is 976 g/mol. The summed E-state index contributed by atoms with van der Waals surface area (Å²) >= 11 is 4.71. The summed E-state index contributed by atoms with van der Waals surface area (Å²) in [5.41, 5.74) is 5.06. The van der Waals surface area contributed by atoms with E-state index in [4.69, 9.17) is 11.6 Å². The number of fused-ring (bicyclic) bond motifs is 2. The highest BCUT2D eigenvalue weighted by molar-refractivity contribution is 6.66. The van der Waals surface area contributed by atoms with Gasteiger partial charge in [0.25, 0.3) is 11.1 Å². The van der Waals surface area contributed by atoms with E-state index in [1.807, 2.05) is 46.2 Å². The van der Waals surface area contributed by atoms with Gasteiger partial charge in [-0.25, -0.2) is 9.97 Å². The molecule has 4 aliphatic heterocycles. The fourth-order valence-corrected chi connectivity index (χ4v) is 9.26. The number of likely N-dealkylation sites (tertiary alicyclic amines) is 1. The Morgan fingerprint density at radius 1 is 0.600 bits per heavy atom. The molecule has 392 valence electrons. The van der Waals surface area contributed by atoms with Crippen LogP contribution in [-0.2, 0) is 32.3 Å². The second kappa shape index (κ2) is 24.8. The van der Waals surface area contributed by atoms with Crippen LogP contribution < -0.4 is 36.9 Å². The van der Waals surface area contributed by atoms with Crippen LogP contribution in [0.2, 0.25) is 0 Å². The molecule has 4 aromatic heterocycles. The van der Waals surface area contributed by atoms with Crippen LogP contribution in [0.3, 0.4) is 0 Å². The summed E-state index contributed by atoms with van der Waals surface area (Å²) < 4.78 is 3.44. The van der Waals surface area contributed by atoms with E-state index in [1.165, 1.54) is 6.08 Å². The van der Waals surface area contributed by atoms with Gasteiger partial charge in [-0.1, -0.05) is 13.2 Å². The van der Waals surface area contributed by atoms with Crippen molar-refractivity contribution in [1.29, 1.82) is 0 Å². The smallest absolute Gasteiger partial charge is 0.252 e. The molecule has 4 aliphatic rings. The van der Waals surface area contributed by atoms with Crippen LogP contribution in [0.25, 0.3) is 22.1 Å². The number of nitrogens with one attached hydrogen (secondary N) is 3. The number of halogens is 1. The quantitative estimate of drug-likeness (QED) is 0.0968. The number of allylic oxidation sites excluding steroid dienone is 1. The molecular formula is C54H63ClN14O6. The second-order valence-corrected chi connectivity index (χ2v) is 19.2. The van der Waals surface area contributed by atoms with Crippen LogP contribution in [0.4, 0.5) is 34.6 Å². The molecule has 20 nitrogen and oxygen atoms in total. The summed E-state index contributed by atoms with van der Waals surface area (Å²) in [6.45, 7) is 20.7. The fraction of sp³-hybridized carbons (Fsp3) is 0.370. The monoisotopic (exact) mass is 1040 g/mol. The van der Waals surface area contributed by atoms with Crippen molar-refractivity contribution in [3.8, 4) is 0 Å². The summed E-state index contributed by atoms with van der Waals surface area (Å²) in [5, 5.41) is 10.9. The molecule has 0 unspecified atom stereocenters. The van der Waals surface area contributed by atoms with Crippen LogP contribution in [0.5, 0.6) is 0 Å². The molecule has 21 heteroatoms. The highest BCUT2D eigenvalue weighted by Crippen LogP contribution is 2.25. The molecule has 8 heterocycles. The molecule has 6 aromatic rings. The third kappa shape index (κ3) is 13.8. The van der Waals surface area contributed by atoms with Gasteiger partial charge in [0.1, 0.15) is 11.3 Å². The molecule has 75 heavy (non-hydrogen) atoms. The Labute approximate surface area is 439 Å². The number of aryl methyl sites for hydroxylation is 2. The van der Waals surface area contributed by atoms with Crippen LogP contribution in [0.1, 0.15) is 26.7 Å². The molecule has 3 N–H and O–H groups in total. The largest absolute Gasteiger partial charge is 0.368 e. The number of benzene rings is 2. The first-order chi connectivity index (χ1) is 36.2. The summed E-state index contributed by atoms with van der Waals surface area (Å²) in [6, 6.07) is 22.8. The minimum absolute atomic E-state index is 0.0337. The topological polar surface area (TPSA) is 216 Å².